The number of aromatic carboxylic acids is 1. The van der Waals surface area contributed by atoms with Gasteiger partial charge in [0.15, 0.2) is 0 Å². The summed E-state index contributed by atoms with van der Waals surface area (Å²) in [4.78, 5) is 10.7. The van der Waals surface area contributed by atoms with Crippen molar-refractivity contribution in [3.8, 4) is 0 Å². The van der Waals surface area contributed by atoms with Gasteiger partial charge in [-0.1, -0.05) is 23.7 Å². The molecule has 5 heteroatoms. The largest absolute Gasteiger partial charge is 0.478 e. The minimum atomic E-state index is -0.942. The summed E-state index contributed by atoms with van der Waals surface area (Å²) < 4.78 is 0. The van der Waals surface area contributed by atoms with Gasteiger partial charge in [-0.15, -0.1) is 0 Å². The zero-order valence-electron chi connectivity index (χ0n) is 9.88. The topological polar surface area (TPSA) is 61.7 Å². The van der Waals surface area contributed by atoms with E-state index in [4.69, 9.17) is 16.7 Å². The summed E-state index contributed by atoms with van der Waals surface area (Å²) in [6.07, 6.45) is 1.61. The number of anilines is 1. The van der Waals surface area contributed by atoms with Crippen LogP contribution in [-0.4, -0.2) is 17.3 Å². The fourth-order valence-electron chi connectivity index (χ4n) is 1.42. The van der Waals surface area contributed by atoms with Gasteiger partial charge < -0.3 is 5.11 Å². The highest BCUT2D eigenvalue weighted by molar-refractivity contribution is 6.30. The Kier molecular flexibility index (Phi) is 4.15. The maximum absolute atomic E-state index is 10.7. The molecule has 96 valence electrons. The predicted octanol–water partition coefficient (Wildman–Crippen LogP) is 3.48. The number of halogens is 1. The van der Waals surface area contributed by atoms with Gasteiger partial charge in [-0.2, -0.15) is 5.10 Å². The summed E-state index contributed by atoms with van der Waals surface area (Å²) in [5.41, 5.74) is 4.74. The van der Waals surface area contributed by atoms with Crippen LogP contribution in [0.4, 0.5) is 5.69 Å². The van der Waals surface area contributed by atoms with Crippen LogP contribution < -0.4 is 5.43 Å². The minimum Gasteiger partial charge on any atom is -0.478 e. The highest BCUT2D eigenvalue weighted by Crippen LogP contribution is 2.13. The molecular formula is C14H11ClN2O2. The maximum Gasteiger partial charge on any atom is 0.335 e. The van der Waals surface area contributed by atoms with Crippen molar-refractivity contribution in [1.29, 1.82) is 0 Å². The Hall–Kier alpha value is -2.33. The van der Waals surface area contributed by atoms with E-state index in [1.165, 1.54) is 12.1 Å². The SMILES string of the molecule is O=C(O)c1ccc(C=NNc2ccc(Cl)cc2)cc1. The molecule has 0 saturated carbocycles. The van der Waals surface area contributed by atoms with E-state index in [9.17, 15) is 4.79 Å². The lowest BCUT2D eigenvalue weighted by Gasteiger charge is -2.00. The van der Waals surface area contributed by atoms with Crippen LogP contribution in [0.2, 0.25) is 5.02 Å². The standard InChI is InChI=1S/C14H11ClN2O2/c15-12-5-7-13(8-6-12)17-16-9-10-1-3-11(4-2-10)14(18)19/h1-9,17H,(H,18,19). The second-order valence-corrected chi connectivity index (χ2v) is 4.24. The minimum absolute atomic E-state index is 0.253. The van der Waals surface area contributed by atoms with Crippen LogP contribution in [0, 0.1) is 0 Å². The lowest BCUT2D eigenvalue weighted by atomic mass is 10.1. The molecule has 0 spiro atoms. The highest BCUT2D eigenvalue weighted by Gasteiger charge is 2.00. The fraction of sp³-hybridized carbons (Fsp3) is 0. The van der Waals surface area contributed by atoms with Gasteiger partial charge in [0.25, 0.3) is 0 Å². The van der Waals surface area contributed by atoms with E-state index in [1.54, 1.807) is 30.5 Å². The zero-order chi connectivity index (χ0) is 13.7. The van der Waals surface area contributed by atoms with E-state index < -0.39 is 5.97 Å². The lowest BCUT2D eigenvalue weighted by Crippen LogP contribution is -1.96. The monoisotopic (exact) mass is 274 g/mol. The molecule has 2 N–H and O–H groups in total. The third-order valence-electron chi connectivity index (χ3n) is 2.41. The van der Waals surface area contributed by atoms with Crippen molar-refractivity contribution in [2.24, 2.45) is 5.10 Å². The first-order valence-electron chi connectivity index (χ1n) is 5.53. The Balaban J connectivity index is 1.98. The number of carbonyl (C=O) groups is 1. The van der Waals surface area contributed by atoms with Gasteiger partial charge in [0.05, 0.1) is 17.5 Å². The normalized spacial score (nSPS) is 10.6. The van der Waals surface area contributed by atoms with Crippen molar-refractivity contribution in [3.63, 3.8) is 0 Å². The summed E-state index contributed by atoms with van der Waals surface area (Å²) in [6.45, 7) is 0. The molecule has 0 saturated heterocycles. The summed E-state index contributed by atoms with van der Waals surface area (Å²) in [6, 6.07) is 13.6. The molecule has 0 atom stereocenters. The van der Waals surface area contributed by atoms with E-state index in [1.807, 2.05) is 12.1 Å². The number of carboxylic acid groups (broad SMARTS) is 1. The van der Waals surface area contributed by atoms with Crippen LogP contribution in [-0.2, 0) is 0 Å². The van der Waals surface area contributed by atoms with E-state index in [2.05, 4.69) is 10.5 Å². The fourth-order valence-corrected chi connectivity index (χ4v) is 1.54. The maximum atomic E-state index is 10.7. The molecule has 0 fully saturated rings. The third kappa shape index (κ3) is 3.82. The second kappa shape index (κ2) is 6.02. The first-order valence-corrected chi connectivity index (χ1v) is 5.91. The molecule has 0 aliphatic rings. The number of nitrogens with one attached hydrogen (secondary N) is 1. The van der Waals surface area contributed by atoms with Crippen LogP contribution in [0.15, 0.2) is 53.6 Å². The van der Waals surface area contributed by atoms with Gasteiger partial charge >= 0.3 is 5.97 Å². The van der Waals surface area contributed by atoms with Crippen LogP contribution in [0.3, 0.4) is 0 Å². The van der Waals surface area contributed by atoms with E-state index in [-0.39, 0.29) is 5.56 Å². The third-order valence-corrected chi connectivity index (χ3v) is 2.66. The number of hydrogen-bond donors (Lipinski definition) is 2. The van der Waals surface area contributed by atoms with Crippen LogP contribution >= 0.6 is 11.6 Å². The van der Waals surface area contributed by atoms with E-state index in [0.717, 1.165) is 11.3 Å². The summed E-state index contributed by atoms with van der Waals surface area (Å²) in [5.74, 6) is -0.942. The Labute approximate surface area is 115 Å². The van der Waals surface area contributed by atoms with Gasteiger partial charge in [-0.3, -0.25) is 5.43 Å². The van der Waals surface area contributed by atoms with Gasteiger partial charge in [0.1, 0.15) is 0 Å². The molecule has 0 aliphatic carbocycles. The first-order chi connectivity index (χ1) is 9.15. The molecular weight excluding hydrogens is 264 g/mol. The van der Waals surface area contributed by atoms with Gasteiger partial charge in [0, 0.05) is 5.02 Å². The van der Waals surface area contributed by atoms with Crippen molar-refractivity contribution in [1.82, 2.24) is 0 Å². The van der Waals surface area contributed by atoms with Crippen LogP contribution in [0.1, 0.15) is 15.9 Å². The second-order valence-electron chi connectivity index (χ2n) is 3.80. The Morgan fingerprint density at radius 1 is 1.11 bits per heavy atom. The summed E-state index contributed by atoms with van der Waals surface area (Å²) in [7, 11) is 0. The van der Waals surface area contributed by atoms with Crippen molar-refractivity contribution < 1.29 is 9.90 Å². The molecule has 2 aromatic rings. The van der Waals surface area contributed by atoms with Crippen LogP contribution in [0.5, 0.6) is 0 Å². The number of carboxylic acids is 1. The first kappa shape index (κ1) is 13.1. The number of hydrazone groups is 1. The van der Waals surface area contributed by atoms with E-state index >= 15 is 0 Å². The molecule has 0 aliphatic heterocycles. The Morgan fingerprint density at radius 3 is 2.32 bits per heavy atom. The molecule has 0 radical (unpaired) electrons. The molecule has 19 heavy (non-hydrogen) atoms. The van der Waals surface area contributed by atoms with Crippen molar-refractivity contribution in [2.45, 2.75) is 0 Å². The molecule has 0 amide bonds. The lowest BCUT2D eigenvalue weighted by molar-refractivity contribution is 0.0697. The van der Waals surface area contributed by atoms with Crippen molar-refractivity contribution in [3.05, 3.63) is 64.7 Å². The average Bonchev–Trinajstić information content (AvgIpc) is 2.41. The van der Waals surface area contributed by atoms with Crippen molar-refractivity contribution in [2.75, 3.05) is 5.43 Å². The molecule has 2 aromatic carbocycles. The quantitative estimate of drug-likeness (QED) is 0.663. The van der Waals surface area contributed by atoms with Crippen molar-refractivity contribution >= 4 is 29.5 Å². The smallest absolute Gasteiger partial charge is 0.335 e. The average molecular weight is 275 g/mol. The Morgan fingerprint density at radius 2 is 1.74 bits per heavy atom. The van der Waals surface area contributed by atoms with Gasteiger partial charge in [-0.25, -0.2) is 4.79 Å². The number of rotatable bonds is 4. The molecule has 4 nitrogen and oxygen atoms in total. The van der Waals surface area contributed by atoms with Gasteiger partial charge in [-0.05, 0) is 42.0 Å². The predicted molar refractivity (Wildman–Crippen MR) is 76.1 cm³/mol. The molecule has 0 heterocycles. The zero-order valence-corrected chi connectivity index (χ0v) is 10.6. The number of hydrogen-bond acceptors (Lipinski definition) is 3. The molecule has 0 aromatic heterocycles. The van der Waals surface area contributed by atoms with Crippen LogP contribution in [0.25, 0.3) is 0 Å². The summed E-state index contributed by atoms with van der Waals surface area (Å²) in [5, 5.41) is 13.5. The van der Waals surface area contributed by atoms with Gasteiger partial charge in [0.2, 0.25) is 0 Å². The summed E-state index contributed by atoms with van der Waals surface area (Å²) >= 11 is 5.77. The van der Waals surface area contributed by atoms with E-state index in [0.29, 0.717) is 5.02 Å². The molecule has 0 bridgehead atoms. The molecule has 0 unspecified atom stereocenters. The Bertz CT molecular complexity index is 592. The number of nitrogens with zero attached hydrogens (tertiary/aromatic N) is 1. The number of benzene rings is 2. The highest BCUT2D eigenvalue weighted by atomic mass is 35.5. The molecule has 2 rings (SSSR count).